The van der Waals surface area contributed by atoms with E-state index < -0.39 is 0 Å². The summed E-state index contributed by atoms with van der Waals surface area (Å²) in [5.41, 5.74) is 2.59. The van der Waals surface area contributed by atoms with E-state index in [0.717, 1.165) is 24.5 Å². The van der Waals surface area contributed by atoms with Crippen molar-refractivity contribution < 1.29 is 0 Å². The first-order valence-electron chi connectivity index (χ1n) is 7.03. The molecule has 0 amide bonds. The minimum atomic E-state index is 0.496. The number of aromatic nitrogens is 2. The molecule has 2 aliphatic carbocycles. The molecule has 0 saturated heterocycles. The second-order valence-electron chi connectivity index (χ2n) is 5.45. The number of nitrogens with one attached hydrogen (secondary N) is 1. The first-order chi connectivity index (χ1) is 8.88. The van der Waals surface area contributed by atoms with Crippen molar-refractivity contribution in [3.63, 3.8) is 0 Å². The molecule has 1 aromatic rings. The maximum absolute atomic E-state index is 6.09. The number of rotatable bonds is 3. The molecule has 2 unspecified atom stereocenters. The van der Waals surface area contributed by atoms with E-state index in [4.69, 9.17) is 11.6 Å². The molecule has 2 atom stereocenters. The van der Waals surface area contributed by atoms with Gasteiger partial charge in [-0.2, -0.15) is 0 Å². The molecule has 0 bridgehead atoms. The Morgan fingerprint density at radius 2 is 2.06 bits per heavy atom. The second kappa shape index (κ2) is 5.43. The van der Waals surface area contributed by atoms with Crippen LogP contribution in [-0.2, 0) is 12.8 Å². The monoisotopic (exact) mass is 265 g/mol. The summed E-state index contributed by atoms with van der Waals surface area (Å²) in [5.74, 6) is 2.41. The van der Waals surface area contributed by atoms with Gasteiger partial charge in [0, 0.05) is 23.2 Å². The third kappa shape index (κ3) is 2.33. The van der Waals surface area contributed by atoms with Crippen LogP contribution in [0.3, 0.4) is 0 Å². The van der Waals surface area contributed by atoms with Crippen LogP contribution in [0.1, 0.15) is 43.4 Å². The van der Waals surface area contributed by atoms with Crippen molar-refractivity contribution in [2.24, 2.45) is 5.92 Å². The van der Waals surface area contributed by atoms with Crippen molar-refractivity contribution in [2.75, 3.05) is 11.2 Å². The summed E-state index contributed by atoms with van der Waals surface area (Å²) in [4.78, 5) is 8.82. The molecule has 1 heterocycles. The van der Waals surface area contributed by atoms with Crippen molar-refractivity contribution in [1.29, 1.82) is 0 Å². The van der Waals surface area contributed by atoms with E-state index >= 15 is 0 Å². The summed E-state index contributed by atoms with van der Waals surface area (Å²) in [6, 6.07) is 0.496. The van der Waals surface area contributed by atoms with Gasteiger partial charge in [0.05, 0.1) is 0 Å². The van der Waals surface area contributed by atoms with Crippen LogP contribution < -0.4 is 5.32 Å². The summed E-state index contributed by atoms with van der Waals surface area (Å²) < 4.78 is 0. The van der Waals surface area contributed by atoms with Gasteiger partial charge in [-0.3, -0.25) is 0 Å². The fourth-order valence-electron chi connectivity index (χ4n) is 3.24. The van der Waals surface area contributed by atoms with Crippen LogP contribution in [0, 0.1) is 5.92 Å². The van der Waals surface area contributed by atoms with Gasteiger partial charge in [-0.05, 0) is 38.0 Å². The largest absolute Gasteiger partial charge is 0.367 e. The lowest BCUT2D eigenvalue weighted by Gasteiger charge is -2.31. The van der Waals surface area contributed by atoms with Crippen molar-refractivity contribution >= 4 is 17.4 Å². The second-order valence-corrected chi connectivity index (χ2v) is 5.76. The molecule has 2 aliphatic rings. The SMILES string of the molecule is ClCC1CCCCC1Nc1ncnc2c1CCC2. The molecule has 0 aliphatic heterocycles. The first kappa shape index (κ1) is 12.2. The molecule has 18 heavy (non-hydrogen) atoms. The molecule has 0 aromatic carbocycles. The van der Waals surface area contributed by atoms with E-state index in [0.29, 0.717) is 12.0 Å². The number of hydrogen-bond donors (Lipinski definition) is 1. The van der Waals surface area contributed by atoms with Crippen LogP contribution in [0.4, 0.5) is 5.82 Å². The van der Waals surface area contributed by atoms with E-state index in [1.54, 1.807) is 6.33 Å². The van der Waals surface area contributed by atoms with Crippen LogP contribution in [0.2, 0.25) is 0 Å². The Morgan fingerprint density at radius 3 is 2.94 bits per heavy atom. The number of hydrogen-bond acceptors (Lipinski definition) is 3. The number of aryl methyl sites for hydroxylation is 1. The van der Waals surface area contributed by atoms with Gasteiger partial charge in [-0.1, -0.05) is 12.8 Å². The number of nitrogens with zero attached hydrogens (tertiary/aromatic N) is 2. The summed E-state index contributed by atoms with van der Waals surface area (Å²) in [5, 5.41) is 3.65. The summed E-state index contributed by atoms with van der Waals surface area (Å²) in [7, 11) is 0. The van der Waals surface area contributed by atoms with Crippen LogP contribution in [-0.4, -0.2) is 21.9 Å². The molecule has 0 spiro atoms. The van der Waals surface area contributed by atoms with Crippen LogP contribution in [0.15, 0.2) is 6.33 Å². The van der Waals surface area contributed by atoms with Crippen molar-refractivity contribution in [1.82, 2.24) is 9.97 Å². The Balaban J connectivity index is 1.77. The van der Waals surface area contributed by atoms with Gasteiger partial charge < -0.3 is 5.32 Å². The highest BCUT2D eigenvalue weighted by molar-refractivity contribution is 6.18. The standard InChI is InChI=1S/C14H20ClN3/c15-8-10-4-1-2-6-12(10)18-14-11-5-3-7-13(11)16-9-17-14/h9-10,12H,1-8H2,(H,16,17,18). The average molecular weight is 266 g/mol. The van der Waals surface area contributed by atoms with Crippen LogP contribution in [0.5, 0.6) is 0 Å². The molecule has 1 fully saturated rings. The minimum absolute atomic E-state index is 0.496. The minimum Gasteiger partial charge on any atom is -0.367 e. The highest BCUT2D eigenvalue weighted by Crippen LogP contribution is 2.31. The Bertz CT molecular complexity index is 422. The highest BCUT2D eigenvalue weighted by Gasteiger charge is 2.26. The third-order valence-electron chi connectivity index (χ3n) is 4.30. The zero-order chi connectivity index (χ0) is 12.4. The lowest BCUT2D eigenvalue weighted by Crippen LogP contribution is -2.34. The zero-order valence-corrected chi connectivity index (χ0v) is 11.4. The number of alkyl halides is 1. The van der Waals surface area contributed by atoms with Gasteiger partial charge in [0.1, 0.15) is 12.1 Å². The van der Waals surface area contributed by atoms with E-state index in [9.17, 15) is 0 Å². The lowest BCUT2D eigenvalue weighted by atomic mass is 9.85. The Kier molecular flexibility index (Phi) is 3.69. The Labute approximate surface area is 113 Å². The van der Waals surface area contributed by atoms with E-state index in [1.807, 2.05) is 0 Å². The fourth-order valence-corrected chi connectivity index (χ4v) is 3.61. The summed E-state index contributed by atoms with van der Waals surface area (Å²) in [6.45, 7) is 0. The molecule has 98 valence electrons. The van der Waals surface area contributed by atoms with E-state index in [1.165, 1.54) is 43.4 Å². The number of anilines is 1. The molecule has 3 nitrogen and oxygen atoms in total. The third-order valence-corrected chi connectivity index (χ3v) is 4.70. The molecule has 0 radical (unpaired) electrons. The molecular formula is C14H20ClN3. The zero-order valence-electron chi connectivity index (χ0n) is 10.7. The average Bonchev–Trinajstić information content (AvgIpc) is 2.89. The topological polar surface area (TPSA) is 37.8 Å². The van der Waals surface area contributed by atoms with Crippen LogP contribution in [0.25, 0.3) is 0 Å². The van der Waals surface area contributed by atoms with Gasteiger partial charge >= 0.3 is 0 Å². The smallest absolute Gasteiger partial charge is 0.133 e. The van der Waals surface area contributed by atoms with Gasteiger partial charge in [-0.15, -0.1) is 11.6 Å². The highest BCUT2D eigenvalue weighted by atomic mass is 35.5. The fraction of sp³-hybridized carbons (Fsp3) is 0.714. The molecule has 4 heteroatoms. The van der Waals surface area contributed by atoms with E-state index in [-0.39, 0.29) is 0 Å². The van der Waals surface area contributed by atoms with Gasteiger partial charge in [0.2, 0.25) is 0 Å². The van der Waals surface area contributed by atoms with Gasteiger partial charge in [-0.25, -0.2) is 9.97 Å². The number of fused-ring (bicyclic) bond motifs is 1. The van der Waals surface area contributed by atoms with Crippen molar-refractivity contribution in [3.05, 3.63) is 17.6 Å². The Hall–Kier alpha value is -0.830. The van der Waals surface area contributed by atoms with Crippen molar-refractivity contribution in [3.8, 4) is 0 Å². The molecule has 1 N–H and O–H groups in total. The predicted molar refractivity (Wildman–Crippen MR) is 74.1 cm³/mol. The molecule has 1 aromatic heterocycles. The summed E-state index contributed by atoms with van der Waals surface area (Å²) >= 11 is 6.09. The normalized spacial score (nSPS) is 26.9. The maximum Gasteiger partial charge on any atom is 0.133 e. The summed E-state index contributed by atoms with van der Waals surface area (Å²) in [6.07, 6.45) is 10.2. The van der Waals surface area contributed by atoms with Crippen LogP contribution >= 0.6 is 11.6 Å². The first-order valence-corrected chi connectivity index (χ1v) is 7.57. The molecular weight excluding hydrogens is 246 g/mol. The maximum atomic E-state index is 6.09. The quantitative estimate of drug-likeness (QED) is 0.853. The predicted octanol–water partition coefficient (Wildman–Crippen LogP) is 3.17. The molecule has 3 rings (SSSR count). The lowest BCUT2D eigenvalue weighted by molar-refractivity contribution is 0.352. The molecule has 1 saturated carbocycles. The van der Waals surface area contributed by atoms with Gasteiger partial charge in [0.15, 0.2) is 0 Å². The van der Waals surface area contributed by atoms with Crippen molar-refractivity contribution in [2.45, 2.75) is 51.0 Å². The van der Waals surface area contributed by atoms with Gasteiger partial charge in [0.25, 0.3) is 0 Å². The number of halogens is 1. The Morgan fingerprint density at radius 1 is 1.17 bits per heavy atom. The van der Waals surface area contributed by atoms with E-state index in [2.05, 4.69) is 15.3 Å².